The van der Waals surface area contributed by atoms with Gasteiger partial charge in [-0.3, -0.25) is 4.79 Å². The number of nitrogens with one attached hydrogen (secondary N) is 1. The number of benzene rings is 2. The zero-order valence-electron chi connectivity index (χ0n) is 15.8. The molecule has 1 aliphatic carbocycles. The molecular formula is C19H14F7NO3S2. The van der Waals surface area contributed by atoms with Gasteiger partial charge in [0, 0.05) is 10.6 Å². The Balaban J connectivity index is 1.80. The van der Waals surface area contributed by atoms with Gasteiger partial charge in [-0.1, -0.05) is 24.3 Å². The third kappa shape index (κ3) is 4.19. The van der Waals surface area contributed by atoms with E-state index < -0.39 is 54.5 Å². The summed E-state index contributed by atoms with van der Waals surface area (Å²) in [6.45, 7) is 0. The number of amides is 1. The van der Waals surface area contributed by atoms with Crippen LogP contribution in [0.3, 0.4) is 0 Å². The molecule has 0 spiro atoms. The van der Waals surface area contributed by atoms with Gasteiger partial charge in [-0.05, 0) is 54.9 Å². The fourth-order valence-electron chi connectivity index (χ4n) is 2.82. The minimum atomic E-state index is -6.47. The Kier molecular flexibility index (Phi) is 6.05. The SMILES string of the molecule is O=C(Nc1cccc(SC(F)(F)C(F)(F)C(F)(F)F)c1)C1(S(=O)(=O)c2ccccc2)CC1. The summed E-state index contributed by atoms with van der Waals surface area (Å²) in [6, 6.07) is 11.0. The van der Waals surface area contributed by atoms with Gasteiger partial charge in [-0.2, -0.15) is 30.7 Å². The monoisotopic (exact) mass is 501 g/mol. The maximum atomic E-state index is 13.6. The van der Waals surface area contributed by atoms with E-state index in [9.17, 15) is 43.9 Å². The number of rotatable bonds is 7. The second-order valence-electron chi connectivity index (χ2n) is 6.98. The lowest BCUT2D eigenvalue weighted by molar-refractivity contribution is -0.330. The van der Waals surface area contributed by atoms with Crippen LogP contribution >= 0.6 is 11.8 Å². The number of hydrogen-bond acceptors (Lipinski definition) is 4. The van der Waals surface area contributed by atoms with Crippen LogP contribution in [-0.2, 0) is 14.6 Å². The van der Waals surface area contributed by atoms with Crippen LogP contribution in [0.15, 0.2) is 64.4 Å². The van der Waals surface area contributed by atoms with Gasteiger partial charge in [-0.25, -0.2) is 8.42 Å². The average molecular weight is 501 g/mol. The molecule has 2 aromatic rings. The van der Waals surface area contributed by atoms with Crippen LogP contribution in [0, 0.1) is 0 Å². The van der Waals surface area contributed by atoms with E-state index in [2.05, 4.69) is 5.32 Å². The van der Waals surface area contributed by atoms with Crippen LogP contribution in [0.25, 0.3) is 0 Å². The van der Waals surface area contributed by atoms with E-state index in [1.54, 1.807) is 6.07 Å². The number of halogens is 7. The molecule has 3 rings (SSSR count). The highest BCUT2D eigenvalue weighted by Crippen LogP contribution is 2.54. The van der Waals surface area contributed by atoms with Crippen LogP contribution in [0.5, 0.6) is 0 Å². The normalized spacial score (nSPS) is 16.5. The molecule has 174 valence electrons. The number of alkyl halides is 7. The topological polar surface area (TPSA) is 63.2 Å². The fraction of sp³-hybridized carbons (Fsp3) is 0.316. The Hall–Kier alpha value is -2.28. The van der Waals surface area contributed by atoms with Crippen molar-refractivity contribution in [3.63, 3.8) is 0 Å². The van der Waals surface area contributed by atoms with E-state index in [4.69, 9.17) is 0 Å². The Morgan fingerprint density at radius 2 is 1.50 bits per heavy atom. The van der Waals surface area contributed by atoms with Gasteiger partial charge < -0.3 is 5.32 Å². The quantitative estimate of drug-likeness (QED) is 0.401. The molecule has 0 bridgehead atoms. The summed E-state index contributed by atoms with van der Waals surface area (Å²) in [5.41, 5.74) is -0.235. The molecule has 0 aliphatic heterocycles. The molecule has 1 aliphatic rings. The summed E-state index contributed by atoms with van der Waals surface area (Å²) in [5.74, 6) is -7.26. The number of sulfone groups is 1. The van der Waals surface area contributed by atoms with Gasteiger partial charge in [0.2, 0.25) is 5.91 Å². The fourth-order valence-corrected chi connectivity index (χ4v) is 5.59. The summed E-state index contributed by atoms with van der Waals surface area (Å²) in [4.78, 5) is 11.9. The van der Waals surface area contributed by atoms with Gasteiger partial charge in [-0.15, -0.1) is 0 Å². The molecule has 2 aromatic carbocycles. The van der Waals surface area contributed by atoms with Gasteiger partial charge in [0.25, 0.3) is 0 Å². The van der Waals surface area contributed by atoms with Crippen molar-refractivity contribution < 1.29 is 43.9 Å². The highest BCUT2D eigenvalue weighted by Gasteiger charge is 2.73. The molecule has 0 saturated heterocycles. The number of carbonyl (C=O) groups excluding carboxylic acids is 1. The van der Waals surface area contributed by atoms with Crippen molar-refractivity contribution in [3.8, 4) is 0 Å². The van der Waals surface area contributed by atoms with Gasteiger partial charge >= 0.3 is 17.4 Å². The van der Waals surface area contributed by atoms with Crippen molar-refractivity contribution in [3.05, 3.63) is 54.6 Å². The minimum absolute atomic E-state index is 0.000375. The average Bonchev–Trinajstić information content (AvgIpc) is 3.50. The molecule has 4 nitrogen and oxygen atoms in total. The second-order valence-corrected chi connectivity index (χ2v) is 10.4. The minimum Gasteiger partial charge on any atom is -0.325 e. The Morgan fingerprint density at radius 1 is 0.906 bits per heavy atom. The van der Waals surface area contributed by atoms with Crippen LogP contribution in [0.4, 0.5) is 36.4 Å². The molecule has 1 saturated carbocycles. The first kappa shape index (κ1) is 24.4. The van der Waals surface area contributed by atoms with E-state index in [-0.39, 0.29) is 23.4 Å². The molecule has 0 heterocycles. The largest absolute Gasteiger partial charge is 0.460 e. The molecule has 0 radical (unpaired) electrons. The number of carbonyl (C=O) groups is 1. The molecule has 13 heteroatoms. The zero-order valence-corrected chi connectivity index (χ0v) is 17.4. The summed E-state index contributed by atoms with van der Waals surface area (Å²) < 4.78 is 114. The van der Waals surface area contributed by atoms with Crippen LogP contribution in [-0.4, -0.2) is 36.4 Å². The van der Waals surface area contributed by atoms with Crippen LogP contribution < -0.4 is 5.32 Å². The Morgan fingerprint density at radius 3 is 2.03 bits per heavy atom. The number of hydrogen-bond donors (Lipinski definition) is 1. The molecule has 32 heavy (non-hydrogen) atoms. The van der Waals surface area contributed by atoms with E-state index in [1.807, 2.05) is 0 Å². The highest BCUT2D eigenvalue weighted by atomic mass is 32.2. The van der Waals surface area contributed by atoms with E-state index in [0.717, 1.165) is 24.3 Å². The van der Waals surface area contributed by atoms with E-state index in [0.29, 0.717) is 0 Å². The number of thioether (sulfide) groups is 1. The molecule has 1 amide bonds. The van der Waals surface area contributed by atoms with E-state index >= 15 is 0 Å². The predicted molar refractivity (Wildman–Crippen MR) is 102 cm³/mol. The van der Waals surface area contributed by atoms with Crippen LogP contribution in [0.1, 0.15) is 12.8 Å². The molecule has 0 unspecified atom stereocenters. The summed E-state index contributed by atoms with van der Waals surface area (Å²) in [6.07, 6.45) is -6.47. The van der Waals surface area contributed by atoms with Crippen molar-refractivity contribution in [2.75, 3.05) is 5.32 Å². The predicted octanol–water partition coefficient (Wildman–Crippen LogP) is 5.51. The molecule has 1 fully saturated rings. The molecule has 0 aromatic heterocycles. The Labute approximate surface area is 182 Å². The standard InChI is InChI=1S/C19H14F7NO3S2/c20-17(21,18(22,23)24)19(25,26)31-13-6-4-5-12(11-13)27-15(28)16(9-10-16)32(29,30)14-7-2-1-3-8-14/h1-8,11H,9-10H2,(H,27,28). The molecule has 0 atom stereocenters. The Bertz CT molecular complexity index is 1120. The maximum absolute atomic E-state index is 13.6. The zero-order chi connectivity index (χ0) is 24.0. The van der Waals surface area contributed by atoms with Crippen molar-refractivity contribution in [1.82, 2.24) is 0 Å². The van der Waals surface area contributed by atoms with Crippen molar-refractivity contribution in [2.45, 2.75) is 44.7 Å². The lowest BCUT2D eigenvalue weighted by Crippen LogP contribution is -2.49. The van der Waals surface area contributed by atoms with Gasteiger partial charge in [0.05, 0.1) is 4.90 Å². The van der Waals surface area contributed by atoms with Gasteiger partial charge in [0.1, 0.15) is 0 Å². The number of anilines is 1. The summed E-state index contributed by atoms with van der Waals surface area (Å²) in [7, 11) is -4.08. The molecule has 1 N–H and O–H groups in total. The maximum Gasteiger partial charge on any atom is 0.460 e. The summed E-state index contributed by atoms with van der Waals surface area (Å²) in [5, 5.41) is -3.30. The second kappa shape index (κ2) is 7.94. The first-order valence-electron chi connectivity index (χ1n) is 8.87. The van der Waals surface area contributed by atoms with Gasteiger partial charge in [0.15, 0.2) is 14.6 Å². The summed E-state index contributed by atoms with van der Waals surface area (Å²) >= 11 is -1.03. The highest BCUT2D eigenvalue weighted by molar-refractivity contribution is 8.00. The molecular weight excluding hydrogens is 487 g/mol. The third-order valence-electron chi connectivity index (χ3n) is 4.75. The lowest BCUT2D eigenvalue weighted by Gasteiger charge is -2.27. The smallest absolute Gasteiger partial charge is 0.325 e. The first-order chi connectivity index (χ1) is 14.6. The van der Waals surface area contributed by atoms with Crippen molar-refractivity contribution in [1.29, 1.82) is 0 Å². The van der Waals surface area contributed by atoms with Crippen LogP contribution in [0.2, 0.25) is 0 Å². The van der Waals surface area contributed by atoms with E-state index in [1.165, 1.54) is 24.3 Å². The van der Waals surface area contributed by atoms with Crippen molar-refractivity contribution >= 4 is 33.2 Å². The third-order valence-corrected chi connectivity index (χ3v) is 8.26. The van der Waals surface area contributed by atoms with Crippen molar-refractivity contribution in [2.24, 2.45) is 0 Å². The first-order valence-corrected chi connectivity index (χ1v) is 11.2. The lowest BCUT2D eigenvalue weighted by atomic mass is 10.3.